The molecule has 0 bridgehead atoms. The molecule has 4 aliphatic heterocycles. The van der Waals surface area contributed by atoms with Crippen molar-refractivity contribution in [3.8, 4) is 0 Å². The predicted octanol–water partition coefficient (Wildman–Crippen LogP) is 4.01. The van der Waals surface area contributed by atoms with Crippen LogP contribution in [0, 0.1) is 0 Å². The number of carbonyl (C=O) groups is 3. The van der Waals surface area contributed by atoms with Crippen LogP contribution in [-0.4, -0.2) is 137 Å². The van der Waals surface area contributed by atoms with E-state index in [1.165, 1.54) is 59.6 Å². The van der Waals surface area contributed by atoms with E-state index in [0.717, 1.165) is 50.7 Å². The van der Waals surface area contributed by atoms with Crippen molar-refractivity contribution >= 4 is 70.2 Å². The standard InChI is InChI=1S/C22H25ClN2OS.C18H18N6O5S2/c23-17-7-8-22-20(16-17)18(19-4-1-2-6-21(19)27-22)5-3-9-24-10-12-25(13-11-24)14-15-26;1-23-18(20-21-22-23)31-8-10-7-30-16-11(15(27)24(16)12(10)17(28)29)19-14(26)13(25)9-5-3-2-4-6-9/h1-2,4-8,16,26H,3,9-15H2;2-6,11,13,16,25H,7-8H2,1H3,(H,19,26)(H,28,29)/t;11-,13-,16-/m.1/s1. The number of aliphatic carboxylic acids is 1. The molecule has 2 saturated heterocycles. The van der Waals surface area contributed by atoms with E-state index < -0.39 is 35.3 Å². The zero-order chi connectivity index (χ0) is 40.8. The average Bonchev–Trinajstić information content (AvgIpc) is 3.66. The molecule has 2 fully saturated rings. The van der Waals surface area contributed by atoms with Gasteiger partial charge in [0.1, 0.15) is 17.1 Å². The Morgan fingerprint density at radius 3 is 2.41 bits per heavy atom. The van der Waals surface area contributed by atoms with Crippen LogP contribution in [0.4, 0.5) is 0 Å². The number of β-amino-alcohol motifs (C(OH)–C–C–N with tert-alkyl or cyclic N) is 1. The summed E-state index contributed by atoms with van der Waals surface area (Å²) in [5, 5.41) is 43.5. The Bertz CT molecular complexity index is 2200. The molecule has 3 atom stereocenters. The second kappa shape index (κ2) is 19.2. The fraction of sp³-hybridized carbons (Fsp3) is 0.350. The van der Waals surface area contributed by atoms with E-state index in [1.807, 2.05) is 17.8 Å². The minimum Gasteiger partial charge on any atom is -0.477 e. The molecule has 4 aliphatic rings. The van der Waals surface area contributed by atoms with Crippen LogP contribution in [-0.2, 0) is 21.4 Å². The number of hydrogen-bond acceptors (Lipinski definition) is 13. The van der Waals surface area contributed by atoms with E-state index in [2.05, 4.69) is 73.1 Å². The van der Waals surface area contributed by atoms with Gasteiger partial charge in [0.15, 0.2) is 6.10 Å². The first-order valence-electron chi connectivity index (χ1n) is 18.7. The van der Waals surface area contributed by atoms with E-state index in [0.29, 0.717) is 27.8 Å². The number of benzene rings is 3. The Hall–Kier alpha value is -4.20. The Kier molecular flexibility index (Phi) is 13.9. The Balaban J connectivity index is 0.000000178. The largest absolute Gasteiger partial charge is 0.477 e. The minimum atomic E-state index is -1.42. The summed E-state index contributed by atoms with van der Waals surface area (Å²) in [6.45, 7) is 6.39. The smallest absolute Gasteiger partial charge is 0.352 e. The van der Waals surface area contributed by atoms with E-state index in [1.54, 1.807) is 37.4 Å². The second-order valence-electron chi connectivity index (χ2n) is 13.9. The van der Waals surface area contributed by atoms with Crippen LogP contribution in [0.25, 0.3) is 5.57 Å². The van der Waals surface area contributed by atoms with Crippen molar-refractivity contribution in [2.24, 2.45) is 7.05 Å². The van der Waals surface area contributed by atoms with Gasteiger partial charge in [-0.3, -0.25) is 19.4 Å². The highest BCUT2D eigenvalue weighted by Crippen LogP contribution is 2.46. The summed E-state index contributed by atoms with van der Waals surface area (Å²) in [6, 6.07) is 22.3. The normalized spacial score (nSPS) is 20.3. The number of nitrogens with one attached hydrogen (secondary N) is 1. The summed E-state index contributed by atoms with van der Waals surface area (Å²) in [5.41, 5.74) is 4.77. The first-order valence-corrected chi connectivity index (χ1v) is 22.0. The lowest BCUT2D eigenvalue weighted by Gasteiger charge is -2.49. The first kappa shape index (κ1) is 41.9. The summed E-state index contributed by atoms with van der Waals surface area (Å²) in [7, 11) is 1.68. The molecule has 4 aromatic rings. The first-order chi connectivity index (χ1) is 28.1. The molecular formula is C40H43ClN8O6S3. The number of tetrazole rings is 1. The van der Waals surface area contributed by atoms with Gasteiger partial charge in [-0.15, -0.1) is 16.9 Å². The maximum atomic E-state index is 12.7. The van der Waals surface area contributed by atoms with Gasteiger partial charge in [0.2, 0.25) is 5.16 Å². The van der Waals surface area contributed by atoms with Crippen molar-refractivity contribution < 1.29 is 29.7 Å². The monoisotopic (exact) mass is 862 g/mol. The maximum absolute atomic E-state index is 12.7. The SMILES string of the molecule is Cn1nnnc1SCC1=C(C(=O)O)N2C(=O)[C@@H](NC(=O)[C@H](O)c3ccccc3)[C@H]2SC1.OCCN1CCN(CCC=C2c3ccccc3Sc3ccc(Cl)cc32)CC1. The van der Waals surface area contributed by atoms with Crippen molar-refractivity contribution in [3.63, 3.8) is 0 Å². The third kappa shape index (κ3) is 9.47. The van der Waals surface area contributed by atoms with Crippen molar-refractivity contribution in [2.45, 2.75) is 38.9 Å². The Morgan fingerprint density at radius 1 is 1.00 bits per heavy atom. The van der Waals surface area contributed by atoms with Crippen molar-refractivity contribution in [1.82, 2.24) is 40.2 Å². The molecule has 18 heteroatoms. The van der Waals surface area contributed by atoms with Gasteiger partial charge < -0.3 is 25.5 Å². The van der Waals surface area contributed by atoms with E-state index in [9.17, 15) is 24.6 Å². The molecule has 5 heterocycles. The number of piperazine rings is 1. The van der Waals surface area contributed by atoms with E-state index >= 15 is 0 Å². The number of carboxylic acids is 1. The number of rotatable bonds is 12. The lowest BCUT2D eigenvalue weighted by molar-refractivity contribution is -0.151. The third-order valence-corrected chi connectivity index (χ3v) is 14.0. The number of thioether (sulfide) groups is 2. The van der Waals surface area contributed by atoms with Crippen LogP contribution in [0.15, 0.2) is 105 Å². The van der Waals surface area contributed by atoms with Crippen LogP contribution >= 0.6 is 46.9 Å². The number of β-lactam (4-membered cyclic amide) rings is 1. The number of amides is 2. The summed E-state index contributed by atoms with van der Waals surface area (Å²) < 4.78 is 1.48. The predicted molar refractivity (Wildman–Crippen MR) is 224 cm³/mol. The molecule has 3 aromatic carbocycles. The molecule has 0 spiro atoms. The van der Waals surface area contributed by atoms with E-state index in [4.69, 9.17) is 16.7 Å². The highest BCUT2D eigenvalue weighted by atomic mass is 35.5. The topological polar surface area (TPSA) is 177 Å². The molecule has 0 radical (unpaired) electrons. The number of carboxylic acid groups (broad SMARTS) is 1. The van der Waals surface area contributed by atoms with Gasteiger partial charge in [0, 0.05) is 72.6 Å². The molecule has 0 aliphatic carbocycles. The molecule has 304 valence electrons. The van der Waals surface area contributed by atoms with Gasteiger partial charge in [0.25, 0.3) is 11.8 Å². The van der Waals surface area contributed by atoms with Gasteiger partial charge in [0.05, 0.1) is 6.61 Å². The zero-order valence-electron chi connectivity index (χ0n) is 31.6. The third-order valence-electron chi connectivity index (χ3n) is 10.2. The number of aryl methyl sites for hydroxylation is 1. The molecule has 0 saturated carbocycles. The molecule has 2 amide bonds. The summed E-state index contributed by atoms with van der Waals surface area (Å²) >= 11 is 10.8. The number of aliphatic hydroxyl groups is 2. The van der Waals surface area contributed by atoms with Gasteiger partial charge >= 0.3 is 5.97 Å². The van der Waals surface area contributed by atoms with Crippen LogP contribution < -0.4 is 5.32 Å². The Labute approximate surface area is 353 Å². The number of carbonyl (C=O) groups excluding carboxylic acids is 2. The average molecular weight is 863 g/mol. The quantitative estimate of drug-likeness (QED) is 0.105. The van der Waals surface area contributed by atoms with Gasteiger partial charge in [-0.1, -0.05) is 89.7 Å². The molecule has 14 nitrogen and oxygen atoms in total. The second-order valence-corrected chi connectivity index (χ2v) is 17.5. The number of nitrogens with zero attached hydrogens (tertiary/aromatic N) is 7. The summed E-state index contributed by atoms with van der Waals surface area (Å²) in [5.74, 6) is -1.75. The van der Waals surface area contributed by atoms with Crippen LogP contribution in [0.5, 0.6) is 0 Å². The van der Waals surface area contributed by atoms with E-state index in [-0.39, 0.29) is 12.3 Å². The number of halogens is 1. The van der Waals surface area contributed by atoms with Crippen LogP contribution in [0.1, 0.15) is 29.2 Å². The number of aliphatic hydroxyl groups excluding tert-OH is 2. The fourth-order valence-corrected chi connectivity index (χ4v) is 10.7. The van der Waals surface area contributed by atoms with Gasteiger partial charge in [-0.25, -0.2) is 9.48 Å². The molecule has 4 N–H and O–H groups in total. The lowest BCUT2D eigenvalue weighted by atomic mass is 9.96. The molecule has 58 heavy (non-hydrogen) atoms. The van der Waals surface area contributed by atoms with Crippen molar-refractivity contribution in [2.75, 3.05) is 57.4 Å². The summed E-state index contributed by atoms with van der Waals surface area (Å²) in [6.07, 6.45) is 1.99. The molecular weight excluding hydrogens is 820 g/mol. The molecule has 0 unspecified atom stereocenters. The molecule has 8 rings (SSSR count). The van der Waals surface area contributed by atoms with Gasteiger partial charge in [-0.05, 0) is 68.9 Å². The fourth-order valence-electron chi connectivity index (χ4n) is 7.14. The lowest BCUT2D eigenvalue weighted by Crippen LogP contribution is -2.70. The zero-order valence-corrected chi connectivity index (χ0v) is 34.8. The number of hydrogen-bond donors (Lipinski definition) is 4. The van der Waals surface area contributed by atoms with Crippen LogP contribution in [0.3, 0.4) is 0 Å². The van der Waals surface area contributed by atoms with Crippen molar-refractivity contribution in [3.05, 3.63) is 112 Å². The minimum absolute atomic E-state index is 0.0783. The highest BCUT2D eigenvalue weighted by molar-refractivity contribution is 8.01. The van der Waals surface area contributed by atoms with Gasteiger partial charge in [-0.2, -0.15) is 0 Å². The highest BCUT2D eigenvalue weighted by Gasteiger charge is 2.54. The summed E-state index contributed by atoms with van der Waals surface area (Å²) in [4.78, 5) is 45.7. The van der Waals surface area contributed by atoms with Crippen LogP contribution in [0.2, 0.25) is 5.02 Å². The number of aromatic nitrogens is 4. The maximum Gasteiger partial charge on any atom is 0.352 e. The number of fused-ring (bicyclic) bond motifs is 3. The van der Waals surface area contributed by atoms with Crippen molar-refractivity contribution in [1.29, 1.82) is 0 Å². The molecule has 1 aromatic heterocycles. The Morgan fingerprint density at radius 2 is 1.71 bits per heavy atom.